The molecule has 2 aromatic rings. The monoisotopic (exact) mass is 312 g/mol. The molecule has 0 saturated heterocycles. The Morgan fingerprint density at radius 1 is 1.04 bits per heavy atom. The van der Waals surface area contributed by atoms with E-state index in [-0.39, 0.29) is 5.91 Å². The fourth-order valence-electron chi connectivity index (χ4n) is 3.06. The van der Waals surface area contributed by atoms with Crippen molar-refractivity contribution in [3.8, 4) is 11.3 Å². The summed E-state index contributed by atoms with van der Waals surface area (Å²) in [4.78, 5) is 11.9. The number of hydrogen-bond acceptors (Lipinski definition) is 3. The van der Waals surface area contributed by atoms with Crippen LogP contribution in [-0.4, -0.2) is 18.5 Å². The second-order valence-corrected chi connectivity index (χ2v) is 6.14. The summed E-state index contributed by atoms with van der Waals surface area (Å²) in [6, 6.07) is 14.3. The molecule has 122 valence electrons. The highest BCUT2D eigenvalue weighted by Gasteiger charge is 2.15. The molecule has 3 rings (SSSR count). The molecule has 4 heteroatoms. The maximum atomic E-state index is 11.9. The van der Waals surface area contributed by atoms with E-state index in [0.29, 0.717) is 19.1 Å². The van der Waals surface area contributed by atoms with E-state index in [4.69, 9.17) is 4.42 Å². The summed E-state index contributed by atoms with van der Waals surface area (Å²) < 4.78 is 5.81. The molecule has 0 atom stereocenters. The van der Waals surface area contributed by atoms with Crippen LogP contribution < -0.4 is 10.6 Å². The first kappa shape index (κ1) is 15.8. The van der Waals surface area contributed by atoms with Gasteiger partial charge in [-0.25, -0.2) is 0 Å². The zero-order valence-electron chi connectivity index (χ0n) is 13.4. The van der Waals surface area contributed by atoms with E-state index in [2.05, 4.69) is 10.6 Å². The van der Waals surface area contributed by atoms with Crippen molar-refractivity contribution in [1.29, 1.82) is 0 Å². The molecule has 1 aromatic carbocycles. The molecular weight excluding hydrogens is 288 g/mol. The quantitative estimate of drug-likeness (QED) is 0.858. The smallest absolute Gasteiger partial charge is 0.234 e. The van der Waals surface area contributed by atoms with Crippen molar-refractivity contribution in [2.24, 2.45) is 0 Å². The van der Waals surface area contributed by atoms with Crippen LogP contribution in [0.2, 0.25) is 0 Å². The average Bonchev–Trinajstić information content (AvgIpc) is 3.05. The number of hydrogen-bond donors (Lipinski definition) is 2. The van der Waals surface area contributed by atoms with E-state index in [9.17, 15) is 4.79 Å². The van der Waals surface area contributed by atoms with Crippen molar-refractivity contribution in [1.82, 2.24) is 10.6 Å². The van der Waals surface area contributed by atoms with E-state index in [0.717, 1.165) is 29.9 Å². The number of carbonyl (C=O) groups is 1. The fourth-order valence-corrected chi connectivity index (χ4v) is 3.06. The lowest BCUT2D eigenvalue weighted by molar-refractivity contribution is -0.121. The van der Waals surface area contributed by atoms with Gasteiger partial charge in [-0.1, -0.05) is 49.6 Å². The summed E-state index contributed by atoms with van der Waals surface area (Å²) in [7, 11) is 0. The van der Waals surface area contributed by atoms with Crippen LogP contribution in [0, 0.1) is 0 Å². The van der Waals surface area contributed by atoms with Crippen LogP contribution in [0.4, 0.5) is 0 Å². The fraction of sp³-hybridized carbons (Fsp3) is 0.421. The van der Waals surface area contributed by atoms with Crippen molar-refractivity contribution in [3.63, 3.8) is 0 Å². The maximum absolute atomic E-state index is 11.9. The van der Waals surface area contributed by atoms with Gasteiger partial charge >= 0.3 is 0 Å². The van der Waals surface area contributed by atoms with Gasteiger partial charge in [-0.3, -0.25) is 4.79 Å². The minimum absolute atomic E-state index is 0.0757. The Morgan fingerprint density at radius 3 is 2.61 bits per heavy atom. The Balaban J connectivity index is 1.42. The molecule has 23 heavy (non-hydrogen) atoms. The number of rotatable bonds is 6. The molecule has 1 aromatic heterocycles. The van der Waals surface area contributed by atoms with Crippen LogP contribution in [0.3, 0.4) is 0 Å². The first-order chi connectivity index (χ1) is 11.3. The van der Waals surface area contributed by atoms with Crippen molar-refractivity contribution in [2.45, 2.75) is 44.7 Å². The molecule has 1 heterocycles. The van der Waals surface area contributed by atoms with Crippen molar-refractivity contribution >= 4 is 5.91 Å². The summed E-state index contributed by atoms with van der Waals surface area (Å²) in [5.41, 5.74) is 1.06. The van der Waals surface area contributed by atoms with Crippen molar-refractivity contribution in [3.05, 3.63) is 48.2 Å². The molecule has 0 unspecified atom stereocenters. The van der Waals surface area contributed by atoms with Gasteiger partial charge in [-0.05, 0) is 25.0 Å². The molecular formula is C19H24N2O2. The molecule has 0 spiro atoms. The van der Waals surface area contributed by atoms with E-state index in [1.54, 1.807) is 0 Å². The van der Waals surface area contributed by atoms with Crippen molar-refractivity contribution < 1.29 is 9.21 Å². The molecule has 0 bridgehead atoms. The molecule has 1 saturated carbocycles. The van der Waals surface area contributed by atoms with Crippen LogP contribution in [0.15, 0.2) is 46.9 Å². The van der Waals surface area contributed by atoms with Gasteiger partial charge in [0.2, 0.25) is 5.91 Å². The summed E-state index contributed by atoms with van der Waals surface area (Å²) in [6.45, 7) is 0.892. The third-order valence-corrected chi connectivity index (χ3v) is 4.28. The van der Waals surface area contributed by atoms with Gasteiger partial charge in [-0.15, -0.1) is 0 Å². The molecule has 2 N–H and O–H groups in total. The largest absolute Gasteiger partial charge is 0.460 e. The Hall–Kier alpha value is -2.07. The summed E-state index contributed by atoms with van der Waals surface area (Å²) in [5, 5.41) is 6.25. The van der Waals surface area contributed by atoms with Gasteiger partial charge < -0.3 is 15.1 Å². The van der Waals surface area contributed by atoms with Gasteiger partial charge in [-0.2, -0.15) is 0 Å². The maximum Gasteiger partial charge on any atom is 0.234 e. The summed E-state index contributed by atoms with van der Waals surface area (Å²) >= 11 is 0. The highest BCUT2D eigenvalue weighted by atomic mass is 16.3. The third-order valence-electron chi connectivity index (χ3n) is 4.28. The van der Waals surface area contributed by atoms with Crippen LogP contribution >= 0.6 is 0 Å². The Labute approximate surface area is 137 Å². The number of benzene rings is 1. The highest BCUT2D eigenvalue weighted by molar-refractivity contribution is 5.78. The SMILES string of the molecule is O=C(CNCc1ccc(-c2ccccc2)o1)NC1CCCCC1. The number of nitrogens with one attached hydrogen (secondary N) is 2. The van der Waals surface area contributed by atoms with Gasteiger partial charge in [0, 0.05) is 11.6 Å². The van der Waals surface area contributed by atoms with Crippen LogP contribution in [-0.2, 0) is 11.3 Å². The van der Waals surface area contributed by atoms with Gasteiger partial charge in [0.05, 0.1) is 13.1 Å². The molecule has 0 radical (unpaired) electrons. The van der Waals surface area contributed by atoms with Gasteiger partial charge in [0.25, 0.3) is 0 Å². The molecule has 4 nitrogen and oxygen atoms in total. The standard InChI is InChI=1S/C19H24N2O2/c22-19(21-16-9-5-2-6-10-16)14-20-13-17-11-12-18(23-17)15-7-3-1-4-8-15/h1,3-4,7-8,11-12,16,20H,2,5-6,9-10,13-14H2,(H,21,22). The van der Waals surface area contributed by atoms with Gasteiger partial charge in [0.1, 0.15) is 11.5 Å². The number of furan rings is 1. The Bertz CT molecular complexity index is 615. The molecule has 0 aliphatic heterocycles. The van der Waals surface area contributed by atoms with Gasteiger partial charge in [0.15, 0.2) is 0 Å². The van der Waals surface area contributed by atoms with Crippen molar-refractivity contribution in [2.75, 3.05) is 6.54 Å². The second-order valence-electron chi connectivity index (χ2n) is 6.14. The minimum atomic E-state index is 0.0757. The predicted octanol–water partition coefficient (Wildman–Crippen LogP) is 3.49. The van der Waals surface area contributed by atoms with Crippen LogP contribution in [0.1, 0.15) is 37.9 Å². The van der Waals surface area contributed by atoms with Crippen LogP contribution in [0.5, 0.6) is 0 Å². The summed E-state index contributed by atoms with van der Waals surface area (Å²) in [5.74, 6) is 1.77. The molecule has 1 aliphatic rings. The topological polar surface area (TPSA) is 54.3 Å². The molecule has 1 aliphatic carbocycles. The number of amides is 1. The molecule has 1 amide bonds. The Kier molecular flexibility index (Phi) is 5.48. The van der Waals surface area contributed by atoms with E-state index < -0.39 is 0 Å². The third kappa shape index (κ3) is 4.70. The summed E-state index contributed by atoms with van der Waals surface area (Å²) in [6.07, 6.45) is 5.99. The lowest BCUT2D eigenvalue weighted by atomic mass is 9.95. The lowest BCUT2D eigenvalue weighted by Crippen LogP contribution is -2.41. The number of carbonyl (C=O) groups excluding carboxylic acids is 1. The Morgan fingerprint density at radius 2 is 1.83 bits per heavy atom. The first-order valence-electron chi connectivity index (χ1n) is 8.45. The van der Waals surface area contributed by atoms with E-state index in [1.165, 1.54) is 19.3 Å². The lowest BCUT2D eigenvalue weighted by Gasteiger charge is -2.22. The molecule has 1 fully saturated rings. The first-order valence-corrected chi connectivity index (χ1v) is 8.45. The second kappa shape index (κ2) is 7.97. The zero-order valence-corrected chi connectivity index (χ0v) is 13.4. The van der Waals surface area contributed by atoms with E-state index >= 15 is 0 Å². The minimum Gasteiger partial charge on any atom is -0.460 e. The van der Waals surface area contributed by atoms with Crippen LogP contribution in [0.25, 0.3) is 11.3 Å². The highest BCUT2D eigenvalue weighted by Crippen LogP contribution is 2.21. The van der Waals surface area contributed by atoms with E-state index in [1.807, 2.05) is 42.5 Å². The normalized spacial score (nSPS) is 15.5. The average molecular weight is 312 g/mol. The zero-order chi connectivity index (χ0) is 15.9. The predicted molar refractivity (Wildman–Crippen MR) is 90.9 cm³/mol.